The number of primary amides is 1. The average molecular weight is 363 g/mol. The summed E-state index contributed by atoms with van der Waals surface area (Å²) in [4.78, 5) is 22.6. The van der Waals surface area contributed by atoms with E-state index in [-0.39, 0.29) is 27.7 Å². The van der Waals surface area contributed by atoms with Crippen LogP contribution in [0.3, 0.4) is 0 Å². The van der Waals surface area contributed by atoms with Crippen molar-refractivity contribution in [1.29, 1.82) is 0 Å². The molecule has 0 bridgehead atoms. The summed E-state index contributed by atoms with van der Waals surface area (Å²) in [5.74, 6) is -0.821. The van der Waals surface area contributed by atoms with Crippen LogP contribution in [-0.4, -0.2) is 27.3 Å². The normalized spacial score (nSPS) is 10.8. The van der Waals surface area contributed by atoms with Crippen LogP contribution >= 0.6 is 0 Å². The maximum atomic E-state index is 12.6. The van der Waals surface area contributed by atoms with E-state index in [0.29, 0.717) is 5.75 Å². The number of carbonyl (C=O) groups is 2. The monoisotopic (exact) mass is 363 g/mol. The van der Waals surface area contributed by atoms with Gasteiger partial charge < -0.3 is 15.8 Å². The van der Waals surface area contributed by atoms with Gasteiger partial charge in [-0.1, -0.05) is 12.1 Å². The van der Waals surface area contributed by atoms with Gasteiger partial charge in [0.2, 0.25) is 5.91 Å². The third kappa shape index (κ3) is 4.27. The molecule has 2 aromatic carbocycles. The third-order valence-electron chi connectivity index (χ3n) is 3.23. The number of sulfonamides is 1. The van der Waals surface area contributed by atoms with Gasteiger partial charge in [0.15, 0.2) is 0 Å². The molecule has 0 saturated heterocycles. The van der Waals surface area contributed by atoms with Crippen molar-refractivity contribution in [3.05, 3.63) is 48.0 Å². The van der Waals surface area contributed by atoms with Crippen LogP contribution in [0.5, 0.6) is 5.75 Å². The molecular weight excluding hydrogens is 346 g/mol. The zero-order chi connectivity index (χ0) is 18.6. The van der Waals surface area contributed by atoms with E-state index in [2.05, 4.69) is 10.0 Å². The van der Waals surface area contributed by atoms with Gasteiger partial charge in [-0.3, -0.25) is 14.3 Å². The predicted octanol–water partition coefficient (Wildman–Crippen LogP) is 1.55. The number of para-hydroxylation sites is 1. The van der Waals surface area contributed by atoms with Crippen molar-refractivity contribution in [1.82, 2.24) is 0 Å². The van der Waals surface area contributed by atoms with Gasteiger partial charge in [0.1, 0.15) is 5.75 Å². The SMILES string of the molecule is COc1ccc(S(=O)(=O)Nc2ccccc2C(N)=O)cc1NC(C)=O. The first-order valence-corrected chi connectivity index (χ1v) is 8.60. The van der Waals surface area contributed by atoms with Crippen LogP contribution in [0.2, 0.25) is 0 Å². The van der Waals surface area contributed by atoms with Gasteiger partial charge in [0, 0.05) is 6.92 Å². The molecule has 0 aliphatic rings. The molecule has 0 aliphatic heterocycles. The molecule has 2 aromatic rings. The number of methoxy groups -OCH3 is 1. The van der Waals surface area contributed by atoms with E-state index < -0.39 is 15.9 Å². The standard InChI is InChI=1S/C16H17N3O5S/c1-10(20)18-14-9-11(7-8-15(14)24-2)25(22,23)19-13-6-4-3-5-12(13)16(17)21/h3-9,19H,1-2H3,(H2,17,21)(H,18,20). The molecule has 25 heavy (non-hydrogen) atoms. The van der Waals surface area contributed by atoms with E-state index in [0.717, 1.165) is 0 Å². The van der Waals surface area contributed by atoms with Crippen molar-refractivity contribution in [3.63, 3.8) is 0 Å². The first kappa shape index (κ1) is 18.3. The molecule has 0 aliphatic carbocycles. The summed E-state index contributed by atoms with van der Waals surface area (Å²) in [6.45, 7) is 1.29. The number of ether oxygens (including phenoxy) is 1. The van der Waals surface area contributed by atoms with Crippen molar-refractivity contribution in [2.75, 3.05) is 17.1 Å². The van der Waals surface area contributed by atoms with E-state index in [1.165, 1.54) is 44.4 Å². The van der Waals surface area contributed by atoms with Crippen molar-refractivity contribution in [2.45, 2.75) is 11.8 Å². The number of nitrogens with two attached hydrogens (primary N) is 1. The molecular formula is C16H17N3O5S. The van der Waals surface area contributed by atoms with Gasteiger partial charge in [-0.15, -0.1) is 0 Å². The molecule has 0 radical (unpaired) electrons. The second kappa shape index (κ2) is 7.22. The maximum Gasteiger partial charge on any atom is 0.261 e. The Kier molecular flexibility index (Phi) is 5.28. The predicted molar refractivity (Wildman–Crippen MR) is 93.1 cm³/mol. The number of hydrogen-bond donors (Lipinski definition) is 3. The Hall–Kier alpha value is -3.07. The molecule has 0 fully saturated rings. The van der Waals surface area contributed by atoms with Crippen LogP contribution in [0, 0.1) is 0 Å². The second-order valence-corrected chi connectivity index (χ2v) is 6.74. The fourth-order valence-electron chi connectivity index (χ4n) is 2.13. The number of rotatable bonds is 6. The topological polar surface area (TPSA) is 128 Å². The number of nitrogens with one attached hydrogen (secondary N) is 2. The largest absolute Gasteiger partial charge is 0.495 e. The van der Waals surface area contributed by atoms with Gasteiger partial charge in [-0.25, -0.2) is 8.42 Å². The summed E-state index contributed by atoms with van der Waals surface area (Å²) in [5, 5.41) is 2.50. The fourth-order valence-corrected chi connectivity index (χ4v) is 3.24. The van der Waals surface area contributed by atoms with Crippen LogP contribution in [0.4, 0.5) is 11.4 Å². The van der Waals surface area contributed by atoms with Crippen LogP contribution in [0.25, 0.3) is 0 Å². The van der Waals surface area contributed by atoms with Crippen LogP contribution in [0.15, 0.2) is 47.4 Å². The van der Waals surface area contributed by atoms with Gasteiger partial charge in [0.05, 0.1) is 28.9 Å². The van der Waals surface area contributed by atoms with Crippen molar-refractivity contribution >= 4 is 33.2 Å². The van der Waals surface area contributed by atoms with Crippen molar-refractivity contribution in [3.8, 4) is 5.75 Å². The van der Waals surface area contributed by atoms with Gasteiger partial charge in [-0.05, 0) is 30.3 Å². The molecule has 0 heterocycles. The van der Waals surface area contributed by atoms with Crippen LogP contribution in [-0.2, 0) is 14.8 Å². The van der Waals surface area contributed by atoms with Crippen molar-refractivity contribution in [2.24, 2.45) is 5.73 Å². The summed E-state index contributed by atoms with van der Waals surface area (Å²) in [7, 11) is -2.62. The lowest BCUT2D eigenvalue weighted by atomic mass is 10.2. The van der Waals surface area contributed by atoms with Gasteiger partial charge >= 0.3 is 0 Å². The molecule has 4 N–H and O–H groups in total. The van der Waals surface area contributed by atoms with Crippen molar-refractivity contribution < 1.29 is 22.7 Å². The van der Waals surface area contributed by atoms with Crippen LogP contribution < -0.4 is 20.5 Å². The summed E-state index contributed by atoms with van der Waals surface area (Å²) in [6.07, 6.45) is 0. The molecule has 8 nitrogen and oxygen atoms in total. The molecule has 2 rings (SSSR count). The molecule has 9 heteroatoms. The molecule has 0 atom stereocenters. The number of hydrogen-bond acceptors (Lipinski definition) is 5. The lowest BCUT2D eigenvalue weighted by molar-refractivity contribution is -0.114. The summed E-state index contributed by atoms with van der Waals surface area (Å²) >= 11 is 0. The molecule has 0 saturated carbocycles. The highest BCUT2D eigenvalue weighted by molar-refractivity contribution is 7.92. The van der Waals surface area contributed by atoms with E-state index >= 15 is 0 Å². The van der Waals surface area contributed by atoms with Gasteiger partial charge in [-0.2, -0.15) is 0 Å². The Balaban J connectivity index is 2.43. The maximum absolute atomic E-state index is 12.6. The lowest BCUT2D eigenvalue weighted by Gasteiger charge is -2.14. The van der Waals surface area contributed by atoms with E-state index in [9.17, 15) is 18.0 Å². The second-order valence-electron chi connectivity index (χ2n) is 5.06. The minimum atomic E-state index is -4.02. The van der Waals surface area contributed by atoms with E-state index in [4.69, 9.17) is 10.5 Å². The molecule has 0 unspecified atom stereocenters. The minimum absolute atomic E-state index is 0.0432. The zero-order valence-corrected chi connectivity index (χ0v) is 14.4. The average Bonchev–Trinajstić information content (AvgIpc) is 2.54. The molecule has 132 valence electrons. The van der Waals surface area contributed by atoms with E-state index in [1.54, 1.807) is 12.1 Å². The number of benzene rings is 2. The Labute approximate surface area is 145 Å². The number of anilines is 2. The third-order valence-corrected chi connectivity index (χ3v) is 4.59. The highest BCUT2D eigenvalue weighted by Crippen LogP contribution is 2.29. The Morgan fingerprint density at radius 2 is 1.76 bits per heavy atom. The first-order valence-electron chi connectivity index (χ1n) is 7.12. The lowest BCUT2D eigenvalue weighted by Crippen LogP contribution is -2.19. The number of amides is 2. The summed E-state index contributed by atoms with van der Waals surface area (Å²) in [6, 6.07) is 9.97. The summed E-state index contributed by atoms with van der Waals surface area (Å²) in [5.41, 5.74) is 5.57. The number of carbonyl (C=O) groups excluding carboxylic acids is 2. The first-order chi connectivity index (χ1) is 11.7. The fraction of sp³-hybridized carbons (Fsp3) is 0.125. The molecule has 2 amide bonds. The van der Waals surface area contributed by atoms with E-state index in [1.807, 2.05) is 0 Å². The smallest absolute Gasteiger partial charge is 0.261 e. The molecule has 0 spiro atoms. The highest BCUT2D eigenvalue weighted by Gasteiger charge is 2.19. The zero-order valence-electron chi connectivity index (χ0n) is 13.6. The Morgan fingerprint density at radius 3 is 2.36 bits per heavy atom. The highest BCUT2D eigenvalue weighted by atomic mass is 32.2. The quantitative estimate of drug-likeness (QED) is 0.717. The minimum Gasteiger partial charge on any atom is -0.495 e. The van der Waals surface area contributed by atoms with Gasteiger partial charge in [0.25, 0.3) is 15.9 Å². The summed E-state index contributed by atoms with van der Waals surface area (Å²) < 4.78 is 32.6. The Bertz CT molecular complexity index is 925. The Morgan fingerprint density at radius 1 is 1.08 bits per heavy atom. The van der Waals surface area contributed by atoms with Crippen LogP contribution in [0.1, 0.15) is 17.3 Å². The molecule has 0 aromatic heterocycles.